The molecule has 0 saturated carbocycles. The molecular formula is C22H28N2O4S. The zero-order chi connectivity index (χ0) is 21.0. The smallest absolute Gasteiger partial charge is 0.255 e. The van der Waals surface area contributed by atoms with Gasteiger partial charge in [-0.1, -0.05) is 18.6 Å². The van der Waals surface area contributed by atoms with Crippen molar-refractivity contribution in [1.82, 2.24) is 4.31 Å². The number of nitrogens with zero attached hydrogens (tertiary/aromatic N) is 1. The standard InChI is InChI=1S/C22H28N2O4S/c1-4-28-20-12-11-18(23-22(25)19-10-8-9-16(2)17(19)3)15-21(20)29(26,27)24-13-6-5-7-14-24/h8-12,15H,4-7,13-14H2,1-3H3,(H,23,25). The molecular weight excluding hydrogens is 388 g/mol. The molecule has 1 fully saturated rings. The first-order chi connectivity index (χ1) is 13.8. The molecule has 1 aliphatic rings. The maximum absolute atomic E-state index is 13.2. The molecule has 7 heteroatoms. The Morgan fingerprint density at radius 1 is 1.10 bits per heavy atom. The molecule has 1 amide bonds. The monoisotopic (exact) mass is 416 g/mol. The van der Waals surface area contributed by atoms with E-state index in [1.54, 1.807) is 18.2 Å². The van der Waals surface area contributed by atoms with Crippen LogP contribution in [0.15, 0.2) is 41.3 Å². The van der Waals surface area contributed by atoms with Crippen molar-refractivity contribution in [1.29, 1.82) is 0 Å². The number of piperidine rings is 1. The first kappa shape index (κ1) is 21.3. The van der Waals surface area contributed by atoms with Crippen LogP contribution in [0.1, 0.15) is 47.7 Å². The molecule has 6 nitrogen and oxygen atoms in total. The van der Waals surface area contributed by atoms with Gasteiger partial charge < -0.3 is 10.1 Å². The summed E-state index contributed by atoms with van der Waals surface area (Å²) in [5, 5.41) is 2.83. The van der Waals surface area contributed by atoms with E-state index in [9.17, 15) is 13.2 Å². The Hall–Kier alpha value is -2.38. The van der Waals surface area contributed by atoms with Gasteiger partial charge in [0.1, 0.15) is 10.6 Å². The number of ether oxygens (including phenoxy) is 1. The van der Waals surface area contributed by atoms with Crippen LogP contribution in [0.2, 0.25) is 0 Å². The highest BCUT2D eigenvalue weighted by molar-refractivity contribution is 7.89. The van der Waals surface area contributed by atoms with E-state index in [1.807, 2.05) is 32.9 Å². The van der Waals surface area contributed by atoms with Crippen LogP contribution in [0.5, 0.6) is 5.75 Å². The summed E-state index contributed by atoms with van der Waals surface area (Å²) in [5.74, 6) is 0.0412. The molecule has 1 heterocycles. The van der Waals surface area contributed by atoms with Crippen LogP contribution >= 0.6 is 0 Å². The quantitative estimate of drug-likeness (QED) is 0.768. The number of aryl methyl sites for hydroxylation is 1. The highest BCUT2D eigenvalue weighted by Crippen LogP contribution is 2.31. The fraction of sp³-hybridized carbons (Fsp3) is 0.409. The topological polar surface area (TPSA) is 75.7 Å². The minimum absolute atomic E-state index is 0.0972. The molecule has 2 aromatic carbocycles. The van der Waals surface area contributed by atoms with Crippen LogP contribution in [-0.4, -0.2) is 38.3 Å². The number of hydrogen-bond acceptors (Lipinski definition) is 4. The van der Waals surface area contributed by atoms with Crippen molar-refractivity contribution >= 4 is 21.6 Å². The van der Waals surface area contributed by atoms with Gasteiger partial charge in [-0.05, 0) is 69.0 Å². The highest BCUT2D eigenvalue weighted by Gasteiger charge is 2.29. The van der Waals surface area contributed by atoms with Gasteiger partial charge in [0.15, 0.2) is 0 Å². The van der Waals surface area contributed by atoms with Crippen molar-refractivity contribution in [2.75, 3.05) is 25.0 Å². The van der Waals surface area contributed by atoms with E-state index < -0.39 is 10.0 Å². The molecule has 0 radical (unpaired) electrons. The third kappa shape index (κ3) is 4.62. The number of carbonyl (C=O) groups is 1. The Morgan fingerprint density at radius 3 is 2.52 bits per heavy atom. The number of hydrogen-bond donors (Lipinski definition) is 1. The minimum atomic E-state index is -3.70. The zero-order valence-corrected chi connectivity index (χ0v) is 18.0. The van der Waals surface area contributed by atoms with E-state index in [2.05, 4.69) is 5.32 Å². The van der Waals surface area contributed by atoms with Crippen LogP contribution < -0.4 is 10.1 Å². The number of amides is 1. The fourth-order valence-electron chi connectivity index (χ4n) is 3.50. The van der Waals surface area contributed by atoms with E-state index in [-0.39, 0.29) is 10.8 Å². The predicted molar refractivity (Wildman–Crippen MR) is 114 cm³/mol. The summed E-state index contributed by atoms with van der Waals surface area (Å²) in [5.41, 5.74) is 2.92. The second-order valence-corrected chi connectivity index (χ2v) is 9.17. The lowest BCUT2D eigenvalue weighted by atomic mass is 10.0. The SMILES string of the molecule is CCOc1ccc(NC(=O)c2cccc(C)c2C)cc1S(=O)(=O)N1CCCCC1. The largest absolute Gasteiger partial charge is 0.492 e. The first-order valence-electron chi connectivity index (χ1n) is 9.99. The van der Waals surface area contributed by atoms with Gasteiger partial charge >= 0.3 is 0 Å². The average Bonchev–Trinajstić information content (AvgIpc) is 2.72. The van der Waals surface area contributed by atoms with E-state index >= 15 is 0 Å². The summed E-state index contributed by atoms with van der Waals surface area (Å²) in [6.45, 7) is 7.03. The van der Waals surface area contributed by atoms with Crippen molar-refractivity contribution in [2.45, 2.75) is 44.9 Å². The summed E-state index contributed by atoms with van der Waals surface area (Å²) in [7, 11) is -3.70. The maximum Gasteiger partial charge on any atom is 0.255 e. The summed E-state index contributed by atoms with van der Waals surface area (Å²) in [4.78, 5) is 12.9. The summed E-state index contributed by atoms with van der Waals surface area (Å²) < 4.78 is 33.5. The number of nitrogens with one attached hydrogen (secondary N) is 1. The number of carbonyl (C=O) groups excluding carboxylic acids is 1. The number of benzene rings is 2. The fourth-order valence-corrected chi connectivity index (χ4v) is 5.18. The van der Waals surface area contributed by atoms with E-state index in [4.69, 9.17) is 4.74 Å². The van der Waals surface area contributed by atoms with Gasteiger partial charge in [-0.15, -0.1) is 0 Å². The van der Waals surface area contributed by atoms with Crippen molar-refractivity contribution in [3.05, 3.63) is 53.1 Å². The van der Waals surface area contributed by atoms with Gasteiger partial charge in [0.2, 0.25) is 10.0 Å². The van der Waals surface area contributed by atoms with Crippen LogP contribution in [-0.2, 0) is 10.0 Å². The molecule has 3 rings (SSSR count). The molecule has 0 spiro atoms. The third-order valence-electron chi connectivity index (χ3n) is 5.28. The van der Waals surface area contributed by atoms with Crippen LogP contribution in [0.4, 0.5) is 5.69 Å². The first-order valence-corrected chi connectivity index (χ1v) is 11.4. The summed E-state index contributed by atoms with van der Waals surface area (Å²) >= 11 is 0. The molecule has 1 saturated heterocycles. The van der Waals surface area contributed by atoms with Crippen LogP contribution in [0.25, 0.3) is 0 Å². The van der Waals surface area contributed by atoms with E-state index in [0.717, 1.165) is 30.4 Å². The van der Waals surface area contributed by atoms with Crippen molar-refractivity contribution < 1.29 is 17.9 Å². The molecule has 0 aliphatic carbocycles. The molecule has 0 bridgehead atoms. The molecule has 0 atom stereocenters. The van der Waals surface area contributed by atoms with Gasteiger partial charge in [-0.3, -0.25) is 4.79 Å². The van der Waals surface area contributed by atoms with Crippen LogP contribution in [0, 0.1) is 13.8 Å². The second kappa shape index (κ2) is 8.97. The molecule has 2 aromatic rings. The average molecular weight is 417 g/mol. The van der Waals surface area contributed by atoms with Crippen molar-refractivity contribution in [3.8, 4) is 5.75 Å². The third-order valence-corrected chi connectivity index (χ3v) is 7.20. The van der Waals surface area contributed by atoms with Gasteiger partial charge in [0.25, 0.3) is 5.91 Å². The molecule has 156 valence electrons. The van der Waals surface area contributed by atoms with Gasteiger partial charge in [0.05, 0.1) is 6.61 Å². The lowest BCUT2D eigenvalue weighted by Crippen LogP contribution is -2.35. The normalized spacial score (nSPS) is 15.1. The highest BCUT2D eigenvalue weighted by atomic mass is 32.2. The maximum atomic E-state index is 13.2. The number of anilines is 1. The lowest BCUT2D eigenvalue weighted by molar-refractivity contribution is 0.102. The lowest BCUT2D eigenvalue weighted by Gasteiger charge is -2.27. The van der Waals surface area contributed by atoms with Gasteiger partial charge in [-0.2, -0.15) is 4.31 Å². The Balaban J connectivity index is 1.94. The molecule has 0 unspecified atom stereocenters. The van der Waals surface area contributed by atoms with E-state index in [0.29, 0.717) is 36.7 Å². The Bertz CT molecular complexity index is 996. The summed E-state index contributed by atoms with van der Waals surface area (Å²) in [6.07, 6.45) is 2.74. The molecule has 1 aliphatic heterocycles. The second-order valence-electron chi connectivity index (χ2n) is 7.26. The number of rotatable bonds is 6. The Kier molecular flexibility index (Phi) is 6.59. The Morgan fingerprint density at radius 2 is 1.83 bits per heavy atom. The Labute approximate surface area is 172 Å². The van der Waals surface area contributed by atoms with Crippen molar-refractivity contribution in [3.63, 3.8) is 0 Å². The van der Waals surface area contributed by atoms with Crippen molar-refractivity contribution in [2.24, 2.45) is 0 Å². The molecule has 29 heavy (non-hydrogen) atoms. The zero-order valence-electron chi connectivity index (χ0n) is 17.2. The molecule has 1 N–H and O–H groups in total. The van der Waals surface area contributed by atoms with Crippen LogP contribution in [0.3, 0.4) is 0 Å². The predicted octanol–water partition coefficient (Wildman–Crippen LogP) is 4.13. The minimum Gasteiger partial charge on any atom is -0.492 e. The van der Waals surface area contributed by atoms with E-state index in [1.165, 1.54) is 10.4 Å². The summed E-state index contributed by atoms with van der Waals surface area (Å²) in [6, 6.07) is 10.3. The van der Waals surface area contributed by atoms with Gasteiger partial charge in [-0.25, -0.2) is 8.42 Å². The molecule has 0 aromatic heterocycles. The van der Waals surface area contributed by atoms with Gasteiger partial charge in [0, 0.05) is 24.3 Å². The number of sulfonamides is 1.